The zero-order valence-corrected chi connectivity index (χ0v) is 17.8. The Morgan fingerprint density at radius 3 is 2.10 bits per heavy atom. The van der Waals surface area contributed by atoms with Crippen molar-refractivity contribution in [3.05, 3.63) is 107 Å². The third-order valence-corrected chi connectivity index (χ3v) is 5.26. The average molecular weight is 419 g/mol. The molecule has 2 amide bonds. The Balaban J connectivity index is 1.92. The van der Waals surface area contributed by atoms with Crippen LogP contribution in [0, 0.1) is 12.7 Å². The maximum Gasteiger partial charge on any atom is 0.242 e. The Kier molecular flexibility index (Phi) is 7.55. The van der Waals surface area contributed by atoms with Crippen molar-refractivity contribution in [3.63, 3.8) is 0 Å². The first-order valence-corrected chi connectivity index (χ1v) is 10.3. The van der Waals surface area contributed by atoms with Gasteiger partial charge in [-0.05, 0) is 35.7 Å². The highest BCUT2D eigenvalue weighted by molar-refractivity contribution is 5.88. The van der Waals surface area contributed by atoms with Crippen molar-refractivity contribution in [3.8, 4) is 0 Å². The number of rotatable bonds is 8. The first-order valence-electron chi connectivity index (χ1n) is 10.3. The van der Waals surface area contributed by atoms with Gasteiger partial charge in [0.2, 0.25) is 11.8 Å². The standard InChI is InChI=1S/C26H27FN2O2/c1-19-8-10-22(11-9-19)18-29(25(30)17-21-12-14-23(27)15-13-21)24(26(31)28-2)16-20-6-4-3-5-7-20/h3-15,24H,16-18H2,1-2H3,(H,28,31). The molecule has 0 saturated carbocycles. The highest BCUT2D eigenvalue weighted by atomic mass is 19.1. The van der Waals surface area contributed by atoms with Crippen LogP contribution < -0.4 is 5.32 Å². The molecule has 160 valence electrons. The summed E-state index contributed by atoms with van der Waals surface area (Å²) in [4.78, 5) is 27.8. The summed E-state index contributed by atoms with van der Waals surface area (Å²) in [7, 11) is 1.58. The number of carbonyl (C=O) groups is 2. The van der Waals surface area contributed by atoms with Gasteiger partial charge >= 0.3 is 0 Å². The van der Waals surface area contributed by atoms with E-state index in [1.807, 2.05) is 61.5 Å². The zero-order chi connectivity index (χ0) is 22.2. The van der Waals surface area contributed by atoms with E-state index in [1.54, 1.807) is 24.1 Å². The molecular formula is C26H27FN2O2. The quantitative estimate of drug-likeness (QED) is 0.600. The lowest BCUT2D eigenvalue weighted by atomic mass is 10.0. The van der Waals surface area contributed by atoms with Gasteiger partial charge < -0.3 is 10.2 Å². The molecule has 1 unspecified atom stereocenters. The van der Waals surface area contributed by atoms with Crippen molar-refractivity contribution >= 4 is 11.8 Å². The molecule has 3 aromatic carbocycles. The molecule has 1 N–H and O–H groups in total. The number of aryl methyl sites for hydroxylation is 1. The summed E-state index contributed by atoms with van der Waals surface area (Å²) in [5, 5.41) is 2.70. The van der Waals surface area contributed by atoms with Crippen LogP contribution in [0.2, 0.25) is 0 Å². The second kappa shape index (κ2) is 10.5. The molecule has 3 rings (SSSR count). The number of benzene rings is 3. The van der Waals surface area contributed by atoms with Crippen LogP contribution in [0.3, 0.4) is 0 Å². The first kappa shape index (κ1) is 22.2. The molecule has 0 aromatic heterocycles. The van der Waals surface area contributed by atoms with E-state index in [2.05, 4.69) is 5.32 Å². The third kappa shape index (κ3) is 6.25. The predicted octanol–water partition coefficient (Wildman–Crippen LogP) is 4.06. The van der Waals surface area contributed by atoms with Crippen LogP contribution in [0.5, 0.6) is 0 Å². The molecule has 0 heterocycles. The number of hydrogen-bond donors (Lipinski definition) is 1. The van der Waals surface area contributed by atoms with E-state index in [4.69, 9.17) is 0 Å². The minimum Gasteiger partial charge on any atom is -0.357 e. The van der Waals surface area contributed by atoms with Gasteiger partial charge in [-0.3, -0.25) is 9.59 Å². The van der Waals surface area contributed by atoms with Crippen LogP contribution in [-0.4, -0.2) is 29.8 Å². The summed E-state index contributed by atoms with van der Waals surface area (Å²) >= 11 is 0. The predicted molar refractivity (Wildman–Crippen MR) is 120 cm³/mol. The van der Waals surface area contributed by atoms with Gasteiger partial charge in [-0.15, -0.1) is 0 Å². The molecule has 1 atom stereocenters. The van der Waals surface area contributed by atoms with Crippen molar-refractivity contribution in [1.82, 2.24) is 10.2 Å². The number of nitrogens with one attached hydrogen (secondary N) is 1. The summed E-state index contributed by atoms with van der Waals surface area (Å²) in [6, 6.07) is 22.8. The van der Waals surface area contributed by atoms with E-state index in [0.29, 0.717) is 18.5 Å². The molecule has 0 bridgehead atoms. The summed E-state index contributed by atoms with van der Waals surface area (Å²) in [6.07, 6.45) is 0.496. The number of nitrogens with zero attached hydrogens (tertiary/aromatic N) is 1. The minimum absolute atomic E-state index is 0.0917. The molecular weight excluding hydrogens is 391 g/mol. The fourth-order valence-electron chi connectivity index (χ4n) is 3.49. The van der Waals surface area contributed by atoms with Crippen LogP contribution in [0.15, 0.2) is 78.9 Å². The topological polar surface area (TPSA) is 49.4 Å². The van der Waals surface area contributed by atoms with Crippen molar-refractivity contribution in [2.75, 3.05) is 7.05 Å². The first-order chi connectivity index (χ1) is 15.0. The molecule has 31 heavy (non-hydrogen) atoms. The van der Waals surface area contributed by atoms with Crippen LogP contribution in [-0.2, 0) is 29.0 Å². The summed E-state index contributed by atoms with van der Waals surface area (Å²) in [6.45, 7) is 2.31. The van der Waals surface area contributed by atoms with Gasteiger partial charge in [0.15, 0.2) is 0 Å². The normalized spacial score (nSPS) is 11.6. The maximum atomic E-state index is 13.4. The van der Waals surface area contributed by atoms with E-state index < -0.39 is 6.04 Å². The van der Waals surface area contributed by atoms with Gasteiger partial charge in [0, 0.05) is 20.0 Å². The maximum absolute atomic E-state index is 13.4. The minimum atomic E-state index is -0.665. The SMILES string of the molecule is CNC(=O)C(Cc1ccccc1)N(Cc1ccc(C)cc1)C(=O)Cc1ccc(F)cc1. The van der Waals surface area contributed by atoms with Crippen molar-refractivity contribution in [1.29, 1.82) is 0 Å². The Hall–Kier alpha value is -3.47. The van der Waals surface area contributed by atoms with Crippen molar-refractivity contribution in [2.45, 2.75) is 32.4 Å². The van der Waals surface area contributed by atoms with Crippen molar-refractivity contribution < 1.29 is 14.0 Å². The second-order valence-electron chi connectivity index (χ2n) is 7.63. The number of hydrogen-bond acceptors (Lipinski definition) is 2. The van der Waals surface area contributed by atoms with Gasteiger partial charge in [-0.2, -0.15) is 0 Å². The highest BCUT2D eigenvalue weighted by Gasteiger charge is 2.29. The Morgan fingerprint density at radius 2 is 1.48 bits per heavy atom. The van der Waals surface area contributed by atoms with Crippen LogP contribution in [0.4, 0.5) is 4.39 Å². The molecule has 4 nitrogen and oxygen atoms in total. The monoisotopic (exact) mass is 418 g/mol. The summed E-state index contributed by atoms with van der Waals surface area (Å²) in [5.41, 5.74) is 3.75. The van der Waals surface area contributed by atoms with Gasteiger partial charge in [0.1, 0.15) is 11.9 Å². The lowest BCUT2D eigenvalue weighted by molar-refractivity contribution is -0.140. The fourth-order valence-corrected chi connectivity index (χ4v) is 3.49. The van der Waals surface area contributed by atoms with E-state index in [9.17, 15) is 14.0 Å². The number of amides is 2. The van der Waals surface area contributed by atoms with E-state index >= 15 is 0 Å². The zero-order valence-electron chi connectivity index (χ0n) is 17.8. The van der Waals surface area contributed by atoms with Gasteiger partial charge in [0.25, 0.3) is 0 Å². The number of halogens is 1. The van der Waals surface area contributed by atoms with Crippen LogP contribution in [0.25, 0.3) is 0 Å². The molecule has 0 aliphatic heterocycles. The fraction of sp³-hybridized carbons (Fsp3) is 0.231. The Labute approximate surface area is 182 Å². The lowest BCUT2D eigenvalue weighted by Crippen LogP contribution is -2.50. The molecule has 0 saturated heterocycles. The van der Waals surface area contributed by atoms with E-state index in [-0.39, 0.29) is 24.1 Å². The van der Waals surface area contributed by atoms with Crippen LogP contribution >= 0.6 is 0 Å². The highest BCUT2D eigenvalue weighted by Crippen LogP contribution is 2.17. The molecule has 0 aliphatic rings. The van der Waals surface area contributed by atoms with Gasteiger partial charge in [-0.25, -0.2) is 4.39 Å². The number of carbonyl (C=O) groups excluding carboxylic acids is 2. The number of likely N-dealkylation sites (N-methyl/N-ethyl adjacent to an activating group) is 1. The molecule has 0 spiro atoms. The largest absolute Gasteiger partial charge is 0.357 e. The Morgan fingerprint density at radius 1 is 0.871 bits per heavy atom. The third-order valence-electron chi connectivity index (χ3n) is 5.26. The van der Waals surface area contributed by atoms with Crippen molar-refractivity contribution in [2.24, 2.45) is 0 Å². The van der Waals surface area contributed by atoms with Crippen LogP contribution in [0.1, 0.15) is 22.3 Å². The molecule has 0 fully saturated rings. The molecule has 5 heteroatoms. The summed E-state index contributed by atoms with van der Waals surface area (Å²) < 4.78 is 13.3. The molecule has 0 radical (unpaired) electrons. The van der Waals surface area contributed by atoms with Gasteiger partial charge in [-0.1, -0.05) is 72.3 Å². The summed E-state index contributed by atoms with van der Waals surface area (Å²) in [5.74, 6) is -0.750. The van der Waals surface area contributed by atoms with E-state index in [0.717, 1.165) is 16.7 Å². The average Bonchev–Trinajstić information content (AvgIpc) is 2.79. The Bertz CT molecular complexity index is 1000. The molecule has 3 aromatic rings. The molecule has 0 aliphatic carbocycles. The smallest absolute Gasteiger partial charge is 0.242 e. The van der Waals surface area contributed by atoms with E-state index in [1.165, 1.54) is 12.1 Å². The second-order valence-corrected chi connectivity index (χ2v) is 7.63. The lowest BCUT2D eigenvalue weighted by Gasteiger charge is -2.31. The van der Waals surface area contributed by atoms with Gasteiger partial charge in [0.05, 0.1) is 6.42 Å².